The van der Waals surface area contributed by atoms with Gasteiger partial charge in [0.1, 0.15) is 18.1 Å². The summed E-state index contributed by atoms with van der Waals surface area (Å²) in [6, 6.07) is 18.6. The molecule has 2 heterocycles. The van der Waals surface area contributed by atoms with E-state index < -0.39 is 29.5 Å². The van der Waals surface area contributed by atoms with Crippen molar-refractivity contribution in [1.29, 1.82) is 5.26 Å². The fraction of sp³-hybridized carbons (Fsp3) is 0.514. The Bertz CT molecular complexity index is 1410. The summed E-state index contributed by atoms with van der Waals surface area (Å²) < 4.78 is 0. The fourth-order valence-electron chi connectivity index (χ4n) is 7.19. The van der Waals surface area contributed by atoms with E-state index in [1.165, 1.54) is 0 Å². The van der Waals surface area contributed by atoms with Crippen molar-refractivity contribution in [2.24, 2.45) is 28.6 Å². The van der Waals surface area contributed by atoms with Crippen molar-refractivity contribution in [2.75, 3.05) is 13.1 Å². The summed E-state index contributed by atoms with van der Waals surface area (Å²) in [5.74, 6) is -1.95. The SMILES string of the molecule is CC(C)(C)[C@H](NC(=O)C(c1ccccc1)c1ccccc1)C(=O)N1C[C@H]2[C@@H]([C@H]1C(=O)N[C@H](C#N)C[C@@H]1CCNC1=O)C2(C)C. The number of benzene rings is 2. The van der Waals surface area contributed by atoms with Crippen molar-refractivity contribution in [1.82, 2.24) is 20.9 Å². The highest BCUT2D eigenvalue weighted by molar-refractivity contribution is 5.96. The first-order valence-electron chi connectivity index (χ1n) is 15.5. The van der Waals surface area contributed by atoms with Gasteiger partial charge in [0, 0.05) is 19.0 Å². The van der Waals surface area contributed by atoms with Gasteiger partial charge < -0.3 is 20.9 Å². The summed E-state index contributed by atoms with van der Waals surface area (Å²) in [6.07, 6.45) is 0.853. The first-order valence-corrected chi connectivity index (χ1v) is 15.5. The van der Waals surface area contributed by atoms with Crippen LogP contribution in [-0.4, -0.2) is 59.7 Å². The fourth-order valence-corrected chi connectivity index (χ4v) is 7.19. The number of carbonyl (C=O) groups is 4. The monoisotopic (exact) mass is 597 g/mol. The number of hydrogen-bond acceptors (Lipinski definition) is 5. The molecule has 3 N–H and O–H groups in total. The first-order chi connectivity index (χ1) is 20.8. The third-order valence-electron chi connectivity index (χ3n) is 9.84. The lowest BCUT2D eigenvalue weighted by molar-refractivity contribution is -0.145. The Kier molecular flexibility index (Phi) is 8.57. The number of amides is 4. The molecule has 2 aromatic carbocycles. The van der Waals surface area contributed by atoms with Gasteiger partial charge in [-0.2, -0.15) is 5.26 Å². The maximum Gasteiger partial charge on any atom is 0.246 e. The van der Waals surface area contributed by atoms with Gasteiger partial charge in [-0.1, -0.05) is 95.3 Å². The lowest BCUT2D eigenvalue weighted by Crippen LogP contribution is -2.60. The molecule has 9 heteroatoms. The summed E-state index contributed by atoms with van der Waals surface area (Å²) in [5, 5.41) is 18.5. The van der Waals surface area contributed by atoms with E-state index in [4.69, 9.17) is 0 Å². The van der Waals surface area contributed by atoms with Crippen molar-refractivity contribution in [2.45, 2.75) is 71.5 Å². The van der Waals surface area contributed by atoms with Gasteiger partial charge in [-0.3, -0.25) is 19.2 Å². The van der Waals surface area contributed by atoms with Crippen LogP contribution in [0.15, 0.2) is 60.7 Å². The maximum atomic E-state index is 14.4. The molecule has 0 aromatic heterocycles. The molecule has 4 amide bonds. The van der Waals surface area contributed by atoms with Gasteiger partial charge in [0.2, 0.25) is 23.6 Å². The highest BCUT2D eigenvalue weighted by Gasteiger charge is 2.69. The van der Waals surface area contributed by atoms with E-state index in [-0.39, 0.29) is 53.2 Å². The molecule has 0 bridgehead atoms. The number of piperidine rings is 1. The average molecular weight is 598 g/mol. The predicted octanol–water partition coefficient (Wildman–Crippen LogP) is 3.37. The van der Waals surface area contributed by atoms with Gasteiger partial charge >= 0.3 is 0 Å². The number of likely N-dealkylation sites (tertiary alicyclic amines) is 1. The topological polar surface area (TPSA) is 131 Å². The van der Waals surface area contributed by atoms with Crippen LogP contribution < -0.4 is 16.0 Å². The van der Waals surface area contributed by atoms with Gasteiger partial charge in [-0.05, 0) is 46.6 Å². The van der Waals surface area contributed by atoms with Gasteiger partial charge in [0.25, 0.3) is 0 Å². The van der Waals surface area contributed by atoms with E-state index in [0.29, 0.717) is 19.5 Å². The summed E-state index contributed by atoms with van der Waals surface area (Å²) in [6.45, 7) is 10.9. The molecule has 1 saturated carbocycles. The average Bonchev–Trinajstić information content (AvgIpc) is 3.33. The second-order valence-corrected chi connectivity index (χ2v) is 14.2. The van der Waals surface area contributed by atoms with E-state index >= 15 is 0 Å². The molecule has 2 aliphatic heterocycles. The van der Waals surface area contributed by atoms with Crippen molar-refractivity contribution in [3.05, 3.63) is 71.8 Å². The normalized spacial score (nSPS) is 24.9. The number of nitrogens with zero attached hydrogens (tertiary/aromatic N) is 2. The number of hydrogen-bond donors (Lipinski definition) is 3. The molecular formula is C35H43N5O4. The molecule has 3 aliphatic rings. The zero-order chi connectivity index (χ0) is 31.8. The maximum absolute atomic E-state index is 14.4. The molecule has 1 aliphatic carbocycles. The second kappa shape index (κ2) is 12.1. The molecule has 5 rings (SSSR count). The third kappa shape index (κ3) is 6.08. The molecule has 0 spiro atoms. The Morgan fingerprint density at radius 3 is 2.11 bits per heavy atom. The van der Waals surface area contributed by atoms with E-state index in [1.54, 1.807) is 4.90 Å². The lowest BCUT2D eigenvalue weighted by Gasteiger charge is -2.38. The van der Waals surface area contributed by atoms with Gasteiger partial charge in [0.05, 0.1) is 12.0 Å². The van der Waals surface area contributed by atoms with E-state index in [0.717, 1.165) is 11.1 Å². The number of nitrogens with one attached hydrogen (secondary N) is 3. The van der Waals surface area contributed by atoms with Crippen LogP contribution in [0.25, 0.3) is 0 Å². The van der Waals surface area contributed by atoms with Crippen molar-refractivity contribution in [3.63, 3.8) is 0 Å². The Labute approximate surface area is 259 Å². The largest absolute Gasteiger partial charge is 0.356 e. The molecule has 2 aromatic rings. The molecule has 9 nitrogen and oxygen atoms in total. The van der Waals surface area contributed by atoms with Crippen LogP contribution >= 0.6 is 0 Å². The molecular weight excluding hydrogens is 554 g/mol. The smallest absolute Gasteiger partial charge is 0.246 e. The van der Waals surface area contributed by atoms with Crippen molar-refractivity contribution < 1.29 is 19.2 Å². The standard InChI is InChI=1S/C35H43N5O4/c1-34(2,3)29(39-31(42)26(21-12-8-6-9-13-21)22-14-10-7-11-15-22)33(44)40-20-25-27(35(25,4)5)28(40)32(43)38-24(19-36)18-23-16-17-37-30(23)41/h6-15,23-29H,16-18,20H2,1-5H3,(H,37,41)(H,38,43)(H,39,42)/t23-,24-,25-,27-,28-,29+/m0/s1. The minimum absolute atomic E-state index is 0.0572. The van der Waals surface area contributed by atoms with Crippen molar-refractivity contribution >= 4 is 23.6 Å². The first kappa shape index (κ1) is 31.2. The summed E-state index contributed by atoms with van der Waals surface area (Å²) in [4.78, 5) is 56.0. The summed E-state index contributed by atoms with van der Waals surface area (Å²) >= 11 is 0. The minimum atomic E-state index is -0.894. The predicted molar refractivity (Wildman–Crippen MR) is 166 cm³/mol. The van der Waals surface area contributed by atoms with Crippen LogP contribution in [0.3, 0.4) is 0 Å². The third-order valence-corrected chi connectivity index (χ3v) is 9.84. The van der Waals surface area contributed by atoms with Crippen LogP contribution in [0.4, 0.5) is 0 Å². The van der Waals surface area contributed by atoms with Crippen LogP contribution in [0, 0.1) is 39.9 Å². The Morgan fingerprint density at radius 2 is 1.61 bits per heavy atom. The van der Waals surface area contributed by atoms with Gasteiger partial charge in [-0.15, -0.1) is 0 Å². The lowest BCUT2D eigenvalue weighted by atomic mass is 9.83. The molecule has 44 heavy (non-hydrogen) atoms. The second-order valence-electron chi connectivity index (χ2n) is 14.2. The Morgan fingerprint density at radius 1 is 1.02 bits per heavy atom. The highest BCUT2D eigenvalue weighted by Crippen LogP contribution is 2.65. The van der Waals surface area contributed by atoms with Crippen LogP contribution in [0.1, 0.15) is 64.5 Å². The number of nitriles is 1. The molecule has 0 unspecified atom stereocenters. The molecule has 2 saturated heterocycles. The van der Waals surface area contributed by atoms with Crippen molar-refractivity contribution in [3.8, 4) is 6.07 Å². The van der Waals surface area contributed by atoms with E-state index in [9.17, 15) is 24.4 Å². The zero-order valence-corrected chi connectivity index (χ0v) is 26.2. The van der Waals surface area contributed by atoms with E-state index in [2.05, 4.69) is 35.9 Å². The van der Waals surface area contributed by atoms with Gasteiger partial charge in [0.15, 0.2) is 0 Å². The quantitative estimate of drug-likeness (QED) is 0.408. The Balaban J connectivity index is 1.38. The summed E-state index contributed by atoms with van der Waals surface area (Å²) in [5.41, 5.74) is 0.852. The molecule has 232 valence electrons. The zero-order valence-electron chi connectivity index (χ0n) is 26.2. The van der Waals surface area contributed by atoms with Crippen LogP contribution in [0.2, 0.25) is 0 Å². The van der Waals surface area contributed by atoms with Crippen LogP contribution in [0.5, 0.6) is 0 Å². The highest BCUT2D eigenvalue weighted by atomic mass is 16.2. The number of carbonyl (C=O) groups excluding carboxylic acids is 4. The van der Waals surface area contributed by atoms with E-state index in [1.807, 2.05) is 81.4 Å². The number of fused-ring (bicyclic) bond motifs is 1. The molecule has 6 atom stereocenters. The molecule has 0 radical (unpaired) electrons. The summed E-state index contributed by atoms with van der Waals surface area (Å²) in [7, 11) is 0. The Hall–Kier alpha value is -4.19. The minimum Gasteiger partial charge on any atom is -0.356 e. The van der Waals surface area contributed by atoms with Crippen LogP contribution in [-0.2, 0) is 19.2 Å². The number of rotatable bonds is 9. The molecule has 3 fully saturated rings. The van der Waals surface area contributed by atoms with Gasteiger partial charge in [-0.25, -0.2) is 0 Å².